The maximum Gasteiger partial charge on any atom is 0.261 e. The second-order valence-electron chi connectivity index (χ2n) is 7.87. The lowest BCUT2D eigenvalue weighted by atomic mass is 10.1. The van der Waals surface area contributed by atoms with E-state index in [-0.39, 0.29) is 31.0 Å². The van der Waals surface area contributed by atoms with E-state index in [0.717, 1.165) is 36.8 Å². The van der Waals surface area contributed by atoms with Crippen LogP contribution >= 0.6 is 11.6 Å². The summed E-state index contributed by atoms with van der Waals surface area (Å²) in [7, 11) is 0. The minimum Gasteiger partial charge on any atom is -0.484 e. The third-order valence-electron chi connectivity index (χ3n) is 5.56. The Balaban J connectivity index is 1.72. The van der Waals surface area contributed by atoms with Gasteiger partial charge < -0.3 is 15.0 Å². The molecule has 0 spiro atoms. The summed E-state index contributed by atoms with van der Waals surface area (Å²) in [6.45, 7) is 3.85. The van der Waals surface area contributed by atoms with Crippen LogP contribution in [0.4, 0.5) is 0 Å². The normalized spacial score (nSPS) is 14.9. The first-order chi connectivity index (χ1) is 14.4. The van der Waals surface area contributed by atoms with Gasteiger partial charge in [-0.1, -0.05) is 54.8 Å². The topological polar surface area (TPSA) is 58.6 Å². The first-order valence-corrected chi connectivity index (χ1v) is 10.8. The Morgan fingerprint density at radius 3 is 2.60 bits per heavy atom. The maximum atomic E-state index is 13.1. The zero-order chi connectivity index (χ0) is 21.5. The highest BCUT2D eigenvalue weighted by atomic mass is 35.5. The molecule has 5 nitrogen and oxygen atoms in total. The van der Waals surface area contributed by atoms with E-state index in [1.54, 1.807) is 17.9 Å². The largest absolute Gasteiger partial charge is 0.484 e. The number of hydrogen-bond donors (Lipinski definition) is 1. The van der Waals surface area contributed by atoms with Crippen LogP contribution in [0.25, 0.3) is 0 Å². The first kappa shape index (κ1) is 22.2. The molecule has 0 bridgehead atoms. The molecule has 0 heterocycles. The van der Waals surface area contributed by atoms with Crippen LogP contribution in [-0.4, -0.2) is 35.4 Å². The number of rotatable bonds is 8. The average Bonchev–Trinajstić information content (AvgIpc) is 3.24. The van der Waals surface area contributed by atoms with E-state index in [1.165, 1.54) is 0 Å². The molecule has 160 valence electrons. The van der Waals surface area contributed by atoms with Crippen molar-refractivity contribution in [2.24, 2.45) is 0 Å². The summed E-state index contributed by atoms with van der Waals surface area (Å²) in [4.78, 5) is 27.5. The SMILES string of the molecule is Cc1ccccc1OCC(=O)N(Cc1cccc(Cl)c1)[C@@H](C)C(=O)NC1CCCC1. The number of hydrogen-bond acceptors (Lipinski definition) is 3. The van der Waals surface area contributed by atoms with E-state index in [0.29, 0.717) is 10.8 Å². The Kier molecular flexibility index (Phi) is 7.75. The fourth-order valence-corrected chi connectivity index (χ4v) is 3.96. The molecule has 0 radical (unpaired) electrons. The molecule has 3 rings (SSSR count). The average molecular weight is 429 g/mol. The molecule has 0 aromatic heterocycles. The Bertz CT molecular complexity index is 880. The van der Waals surface area contributed by atoms with Gasteiger partial charge in [0.25, 0.3) is 5.91 Å². The highest BCUT2D eigenvalue weighted by Crippen LogP contribution is 2.20. The van der Waals surface area contributed by atoms with Crippen molar-refractivity contribution in [3.63, 3.8) is 0 Å². The van der Waals surface area contributed by atoms with Gasteiger partial charge in [0.1, 0.15) is 11.8 Å². The Morgan fingerprint density at radius 1 is 1.17 bits per heavy atom. The molecule has 2 amide bonds. The van der Waals surface area contributed by atoms with Crippen molar-refractivity contribution in [2.45, 2.75) is 58.2 Å². The molecular weight excluding hydrogens is 400 g/mol. The van der Waals surface area contributed by atoms with Crippen molar-refractivity contribution >= 4 is 23.4 Å². The molecule has 1 aliphatic rings. The number of aryl methyl sites for hydroxylation is 1. The number of benzene rings is 2. The number of amides is 2. The fourth-order valence-electron chi connectivity index (χ4n) is 3.75. The minimum atomic E-state index is -0.613. The fraction of sp³-hybridized carbons (Fsp3) is 0.417. The van der Waals surface area contributed by atoms with Crippen LogP contribution in [0.3, 0.4) is 0 Å². The van der Waals surface area contributed by atoms with Gasteiger partial charge >= 0.3 is 0 Å². The van der Waals surface area contributed by atoms with Crippen molar-refractivity contribution < 1.29 is 14.3 Å². The molecule has 0 saturated heterocycles. The predicted octanol–water partition coefficient (Wildman–Crippen LogP) is 4.50. The molecular formula is C24H29ClN2O3. The van der Waals surface area contributed by atoms with Crippen LogP contribution < -0.4 is 10.1 Å². The Hall–Kier alpha value is -2.53. The van der Waals surface area contributed by atoms with E-state index in [9.17, 15) is 9.59 Å². The molecule has 1 N–H and O–H groups in total. The lowest BCUT2D eigenvalue weighted by molar-refractivity contribution is -0.142. The van der Waals surface area contributed by atoms with E-state index in [2.05, 4.69) is 5.32 Å². The van der Waals surface area contributed by atoms with Crippen molar-refractivity contribution in [1.29, 1.82) is 0 Å². The standard InChI is InChI=1S/C24H29ClN2O3/c1-17-8-3-6-13-22(17)30-16-23(28)27(15-19-9-7-10-20(25)14-19)18(2)24(29)26-21-11-4-5-12-21/h3,6-10,13-14,18,21H,4-5,11-12,15-16H2,1-2H3,(H,26,29)/t18-/m0/s1. The molecule has 1 atom stereocenters. The number of carbonyl (C=O) groups excluding carboxylic acids is 2. The molecule has 1 aliphatic carbocycles. The summed E-state index contributed by atoms with van der Waals surface area (Å²) in [6, 6.07) is 14.5. The number of para-hydroxylation sites is 1. The maximum absolute atomic E-state index is 13.1. The summed E-state index contributed by atoms with van der Waals surface area (Å²) in [5, 5.41) is 3.69. The summed E-state index contributed by atoms with van der Waals surface area (Å²) < 4.78 is 5.76. The smallest absolute Gasteiger partial charge is 0.261 e. The highest BCUT2D eigenvalue weighted by Gasteiger charge is 2.28. The van der Waals surface area contributed by atoms with Gasteiger partial charge in [0.15, 0.2) is 6.61 Å². The minimum absolute atomic E-state index is 0.131. The lowest BCUT2D eigenvalue weighted by Crippen LogP contribution is -2.50. The summed E-state index contributed by atoms with van der Waals surface area (Å²) in [5.41, 5.74) is 1.82. The number of nitrogens with zero attached hydrogens (tertiary/aromatic N) is 1. The monoisotopic (exact) mass is 428 g/mol. The molecule has 6 heteroatoms. The van der Waals surface area contributed by atoms with E-state index in [4.69, 9.17) is 16.3 Å². The van der Waals surface area contributed by atoms with Crippen molar-refractivity contribution in [1.82, 2.24) is 10.2 Å². The van der Waals surface area contributed by atoms with Gasteiger partial charge in [-0.3, -0.25) is 9.59 Å². The lowest BCUT2D eigenvalue weighted by Gasteiger charge is -2.29. The van der Waals surface area contributed by atoms with E-state index < -0.39 is 6.04 Å². The van der Waals surface area contributed by atoms with Crippen molar-refractivity contribution in [3.05, 3.63) is 64.7 Å². The number of nitrogens with one attached hydrogen (secondary N) is 1. The second kappa shape index (κ2) is 10.5. The highest BCUT2D eigenvalue weighted by molar-refractivity contribution is 6.30. The summed E-state index contributed by atoms with van der Waals surface area (Å²) >= 11 is 6.11. The Labute approximate surface area is 183 Å². The van der Waals surface area contributed by atoms with Crippen LogP contribution in [0.2, 0.25) is 5.02 Å². The van der Waals surface area contributed by atoms with Gasteiger partial charge in [-0.15, -0.1) is 0 Å². The number of carbonyl (C=O) groups is 2. The molecule has 2 aromatic carbocycles. The molecule has 0 aliphatic heterocycles. The third kappa shape index (κ3) is 5.99. The zero-order valence-corrected chi connectivity index (χ0v) is 18.3. The number of halogens is 1. The van der Waals surface area contributed by atoms with Gasteiger partial charge in [-0.2, -0.15) is 0 Å². The molecule has 1 saturated carbocycles. The van der Waals surface area contributed by atoms with Crippen LogP contribution in [0.1, 0.15) is 43.7 Å². The zero-order valence-electron chi connectivity index (χ0n) is 17.6. The molecule has 1 fully saturated rings. The third-order valence-corrected chi connectivity index (χ3v) is 5.79. The van der Waals surface area contributed by atoms with E-state index >= 15 is 0 Å². The van der Waals surface area contributed by atoms with Crippen LogP contribution in [0.15, 0.2) is 48.5 Å². The van der Waals surface area contributed by atoms with Gasteiger partial charge in [0.05, 0.1) is 0 Å². The summed E-state index contributed by atoms with van der Waals surface area (Å²) in [6.07, 6.45) is 4.26. The first-order valence-electron chi connectivity index (χ1n) is 10.5. The second-order valence-corrected chi connectivity index (χ2v) is 8.31. The van der Waals surface area contributed by atoms with E-state index in [1.807, 2.05) is 49.4 Å². The van der Waals surface area contributed by atoms with Crippen LogP contribution in [0, 0.1) is 6.92 Å². The van der Waals surface area contributed by atoms with Crippen LogP contribution in [0.5, 0.6) is 5.75 Å². The van der Waals surface area contributed by atoms with Gasteiger partial charge in [0.2, 0.25) is 5.91 Å². The summed E-state index contributed by atoms with van der Waals surface area (Å²) in [5.74, 6) is 0.289. The van der Waals surface area contributed by atoms with Gasteiger partial charge in [0, 0.05) is 17.6 Å². The van der Waals surface area contributed by atoms with Crippen molar-refractivity contribution in [2.75, 3.05) is 6.61 Å². The van der Waals surface area contributed by atoms with Gasteiger partial charge in [-0.05, 0) is 56.0 Å². The number of ether oxygens (including phenoxy) is 1. The molecule has 2 aromatic rings. The van der Waals surface area contributed by atoms with Crippen molar-refractivity contribution in [3.8, 4) is 5.75 Å². The van der Waals surface area contributed by atoms with Gasteiger partial charge in [-0.25, -0.2) is 0 Å². The molecule has 30 heavy (non-hydrogen) atoms. The Morgan fingerprint density at radius 2 is 1.90 bits per heavy atom. The predicted molar refractivity (Wildman–Crippen MR) is 119 cm³/mol. The van der Waals surface area contributed by atoms with Crippen LogP contribution in [-0.2, 0) is 16.1 Å². The quantitative estimate of drug-likeness (QED) is 0.673. The molecule has 0 unspecified atom stereocenters.